The zero-order chi connectivity index (χ0) is 13.0. The van der Waals surface area contributed by atoms with Crippen molar-refractivity contribution >= 4 is 17.1 Å². The van der Waals surface area contributed by atoms with Gasteiger partial charge < -0.3 is 11.5 Å². The fourth-order valence-electron chi connectivity index (χ4n) is 2.02. The van der Waals surface area contributed by atoms with Gasteiger partial charge in [0.1, 0.15) is 0 Å². The minimum Gasteiger partial charge on any atom is -0.326 e. The Hall–Kier alpha value is -1.55. The van der Waals surface area contributed by atoms with Crippen molar-refractivity contribution in [3.05, 3.63) is 70.8 Å². The van der Waals surface area contributed by atoms with Crippen LogP contribution in [0.5, 0.6) is 0 Å². The lowest BCUT2D eigenvalue weighted by atomic mass is 9.95. The highest BCUT2D eigenvalue weighted by atomic mass is 32.1. The molecule has 0 saturated carbocycles. The van der Waals surface area contributed by atoms with Gasteiger partial charge in [-0.3, -0.25) is 0 Å². The highest BCUT2D eigenvalue weighted by Gasteiger charge is 2.11. The van der Waals surface area contributed by atoms with E-state index in [1.54, 1.807) is 0 Å². The Kier molecular flexibility index (Phi) is 4.20. The fourth-order valence-corrected chi connectivity index (χ4v) is 2.35. The lowest BCUT2D eigenvalue weighted by Gasteiger charge is -2.13. The van der Waals surface area contributed by atoms with Crippen LogP contribution < -0.4 is 11.5 Å². The molecule has 0 aliphatic heterocycles. The molecule has 0 unspecified atom stereocenters. The van der Waals surface area contributed by atoms with Gasteiger partial charge in [0.05, 0.1) is 4.86 Å². The summed E-state index contributed by atoms with van der Waals surface area (Å²) < 4.78 is 0. The first kappa shape index (κ1) is 12.9. The molecule has 0 spiro atoms. The second kappa shape index (κ2) is 5.87. The third-order valence-corrected chi connectivity index (χ3v) is 3.43. The van der Waals surface area contributed by atoms with Crippen LogP contribution in [0.1, 0.15) is 22.3 Å². The number of thiocarbonyl (C=S) groups is 1. The molecule has 0 fully saturated rings. The maximum atomic E-state index is 5.83. The third kappa shape index (κ3) is 2.48. The third-order valence-electron chi connectivity index (χ3n) is 2.98. The summed E-state index contributed by atoms with van der Waals surface area (Å²) in [5, 5.41) is 0. The molecule has 0 amide bonds. The Morgan fingerprint density at radius 3 is 2.22 bits per heavy atom. The number of hydrogen-bond donors (Lipinski definition) is 2. The predicted molar refractivity (Wildman–Crippen MR) is 79.5 cm³/mol. The van der Waals surface area contributed by atoms with Crippen molar-refractivity contribution in [2.24, 2.45) is 11.5 Å². The van der Waals surface area contributed by atoms with Crippen molar-refractivity contribution in [3.8, 4) is 0 Å². The summed E-state index contributed by atoms with van der Waals surface area (Å²) in [6, 6.07) is 16.0. The van der Waals surface area contributed by atoms with Crippen molar-refractivity contribution in [1.29, 1.82) is 0 Å². The summed E-state index contributed by atoms with van der Waals surface area (Å²) in [5.74, 6) is 0. The van der Waals surface area contributed by atoms with Gasteiger partial charge in [-0.2, -0.15) is 0 Å². The second-order valence-electron chi connectivity index (χ2n) is 4.05. The van der Waals surface area contributed by atoms with Crippen LogP contribution in [0.3, 0.4) is 0 Å². The molecule has 0 bridgehead atoms. The minimum atomic E-state index is 0.454. The lowest BCUT2D eigenvalue weighted by Crippen LogP contribution is -2.12. The molecular weight excluding hydrogens is 240 g/mol. The molecule has 4 N–H and O–H groups in total. The van der Waals surface area contributed by atoms with E-state index in [2.05, 4.69) is 0 Å². The van der Waals surface area contributed by atoms with Gasteiger partial charge in [0.2, 0.25) is 0 Å². The fraction of sp³-hybridized carbons (Fsp3) is 0.133. The zero-order valence-corrected chi connectivity index (χ0v) is 10.9. The molecule has 0 saturated heterocycles. The Labute approximate surface area is 113 Å². The van der Waals surface area contributed by atoms with Crippen LogP contribution in [0, 0.1) is 0 Å². The van der Waals surface area contributed by atoms with E-state index < -0.39 is 0 Å². The summed E-state index contributed by atoms with van der Waals surface area (Å²) >= 11 is 5.55. The van der Waals surface area contributed by atoms with Crippen molar-refractivity contribution < 1.29 is 0 Å². The molecule has 2 nitrogen and oxygen atoms in total. The highest BCUT2D eigenvalue weighted by Crippen LogP contribution is 2.19. The normalized spacial score (nSPS) is 10.3. The molecule has 92 valence electrons. The van der Waals surface area contributed by atoms with Crippen molar-refractivity contribution in [2.45, 2.75) is 13.1 Å². The van der Waals surface area contributed by atoms with Crippen LogP contribution in [0.15, 0.2) is 48.5 Å². The molecule has 0 heterocycles. The van der Waals surface area contributed by atoms with Crippen LogP contribution in [-0.2, 0) is 13.1 Å². The first-order valence-electron chi connectivity index (χ1n) is 5.88. The number of benzene rings is 2. The molecule has 0 aliphatic rings. The number of nitrogens with two attached hydrogens (primary N) is 2. The quantitative estimate of drug-likeness (QED) is 0.652. The van der Waals surface area contributed by atoms with Gasteiger partial charge >= 0.3 is 0 Å². The number of hydrogen-bond acceptors (Lipinski definition) is 3. The highest BCUT2D eigenvalue weighted by molar-refractivity contribution is 7.81. The Bertz CT molecular complexity index is 550. The minimum absolute atomic E-state index is 0.454. The van der Waals surface area contributed by atoms with Crippen LogP contribution >= 0.6 is 12.2 Å². The molecule has 2 aromatic rings. The maximum Gasteiger partial charge on any atom is 0.0525 e. The first-order chi connectivity index (χ1) is 8.77. The van der Waals surface area contributed by atoms with E-state index in [-0.39, 0.29) is 0 Å². The summed E-state index contributed by atoms with van der Waals surface area (Å²) in [7, 11) is 0. The van der Waals surface area contributed by atoms with Gasteiger partial charge in [-0.25, -0.2) is 0 Å². The van der Waals surface area contributed by atoms with Crippen molar-refractivity contribution in [2.75, 3.05) is 0 Å². The Morgan fingerprint density at radius 1 is 0.889 bits per heavy atom. The molecular formula is C15H16N2S. The van der Waals surface area contributed by atoms with Crippen LogP contribution in [0.4, 0.5) is 0 Å². The molecule has 18 heavy (non-hydrogen) atoms. The van der Waals surface area contributed by atoms with E-state index in [0.29, 0.717) is 13.1 Å². The largest absolute Gasteiger partial charge is 0.326 e. The topological polar surface area (TPSA) is 52.0 Å². The van der Waals surface area contributed by atoms with Gasteiger partial charge in [0.15, 0.2) is 0 Å². The summed E-state index contributed by atoms with van der Waals surface area (Å²) in [5.41, 5.74) is 15.7. The zero-order valence-electron chi connectivity index (χ0n) is 10.1. The van der Waals surface area contributed by atoms with E-state index >= 15 is 0 Å². The monoisotopic (exact) mass is 256 g/mol. The SMILES string of the molecule is NCc1cccc(C(=S)c2ccccc2)c1CN. The van der Waals surface area contributed by atoms with E-state index in [9.17, 15) is 0 Å². The summed E-state index contributed by atoms with van der Waals surface area (Å²) in [4.78, 5) is 0.825. The molecule has 0 aliphatic carbocycles. The summed E-state index contributed by atoms with van der Waals surface area (Å²) in [6.45, 7) is 0.938. The number of rotatable bonds is 4. The van der Waals surface area contributed by atoms with E-state index in [1.165, 1.54) is 0 Å². The van der Waals surface area contributed by atoms with E-state index in [1.807, 2.05) is 48.5 Å². The van der Waals surface area contributed by atoms with E-state index in [4.69, 9.17) is 23.7 Å². The van der Waals surface area contributed by atoms with E-state index in [0.717, 1.165) is 27.1 Å². The van der Waals surface area contributed by atoms with Gasteiger partial charge in [-0.15, -0.1) is 0 Å². The van der Waals surface area contributed by atoms with Gasteiger partial charge in [0.25, 0.3) is 0 Å². The molecule has 2 rings (SSSR count). The van der Waals surface area contributed by atoms with Crippen LogP contribution in [0.25, 0.3) is 0 Å². The second-order valence-corrected chi connectivity index (χ2v) is 4.45. The van der Waals surface area contributed by atoms with Gasteiger partial charge in [-0.05, 0) is 22.3 Å². The Morgan fingerprint density at radius 2 is 1.61 bits per heavy atom. The smallest absolute Gasteiger partial charge is 0.0525 e. The predicted octanol–water partition coefficient (Wildman–Crippen LogP) is 2.37. The van der Waals surface area contributed by atoms with Gasteiger partial charge in [0, 0.05) is 13.1 Å². The van der Waals surface area contributed by atoms with Crippen molar-refractivity contribution in [1.82, 2.24) is 0 Å². The van der Waals surface area contributed by atoms with Gasteiger partial charge in [-0.1, -0.05) is 60.7 Å². The first-order valence-corrected chi connectivity index (χ1v) is 6.29. The molecule has 3 heteroatoms. The maximum absolute atomic E-state index is 5.83. The molecule has 0 aromatic heterocycles. The molecule has 0 atom stereocenters. The average molecular weight is 256 g/mol. The Balaban J connectivity index is 2.48. The summed E-state index contributed by atoms with van der Waals surface area (Å²) in [6.07, 6.45) is 0. The van der Waals surface area contributed by atoms with Crippen LogP contribution in [-0.4, -0.2) is 4.86 Å². The average Bonchev–Trinajstić information content (AvgIpc) is 2.46. The standard InChI is InChI=1S/C15H16N2S/c16-9-12-7-4-8-13(14(12)10-17)15(18)11-5-2-1-3-6-11/h1-8H,9-10,16-17H2. The molecule has 0 radical (unpaired) electrons. The van der Waals surface area contributed by atoms with Crippen LogP contribution in [0.2, 0.25) is 0 Å². The molecule has 2 aromatic carbocycles. The van der Waals surface area contributed by atoms with Crippen molar-refractivity contribution in [3.63, 3.8) is 0 Å². The lowest BCUT2D eigenvalue weighted by molar-refractivity contribution is 0.977.